The number of aromatic hydroxyl groups is 1. The molecular weight excluding hydrogens is 399 g/mol. The normalized spacial score (nSPS) is 10.3. The number of para-hydroxylation sites is 1. The molecule has 0 aliphatic heterocycles. The number of pyridine rings is 1. The molecule has 1 heterocycles. The topological polar surface area (TPSA) is 107 Å². The molecule has 3 N–H and O–H groups in total. The molecule has 2 amide bonds. The van der Waals surface area contributed by atoms with Gasteiger partial charge in [0, 0.05) is 29.4 Å². The summed E-state index contributed by atoms with van der Waals surface area (Å²) in [5.74, 6) is -0.349. The standard InChI is InChI=1S/C23H15FN4O3/c24-18-11-16(6-7-19(18)28-23(30)27-15-4-2-1-3-5-15)31-22-8-9-26-20-12-21(29)14(13-25)10-17(20)22/h1-12,29H,(H2,27,28,30). The molecule has 0 saturated heterocycles. The summed E-state index contributed by atoms with van der Waals surface area (Å²) in [6.07, 6.45) is 1.48. The first-order valence-corrected chi connectivity index (χ1v) is 9.16. The summed E-state index contributed by atoms with van der Waals surface area (Å²) in [5, 5.41) is 24.5. The number of urea groups is 1. The number of carbonyl (C=O) groups excluding carboxylic acids is 1. The molecule has 4 aromatic rings. The van der Waals surface area contributed by atoms with Crippen LogP contribution < -0.4 is 15.4 Å². The van der Waals surface area contributed by atoms with Gasteiger partial charge in [-0.25, -0.2) is 9.18 Å². The van der Waals surface area contributed by atoms with Gasteiger partial charge >= 0.3 is 6.03 Å². The number of nitrogens with zero attached hydrogens (tertiary/aromatic N) is 2. The van der Waals surface area contributed by atoms with Gasteiger partial charge in [0.2, 0.25) is 0 Å². The van der Waals surface area contributed by atoms with Gasteiger partial charge in [-0.15, -0.1) is 0 Å². The van der Waals surface area contributed by atoms with Crippen LogP contribution >= 0.6 is 0 Å². The third-order valence-electron chi connectivity index (χ3n) is 4.39. The van der Waals surface area contributed by atoms with Crippen molar-refractivity contribution in [3.05, 3.63) is 84.3 Å². The third kappa shape index (κ3) is 4.36. The first-order valence-electron chi connectivity index (χ1n) is 9.16. The maximum atomic E-state index is 14.5. The summed E-state index contributed by atoms with van der Waals surface area (Å²) in [6.45, 7) is 0. The number of halogens is 1. The van der Waals surface area contributed by atoms with E-state index in [0.717, 1.165) is 6.07 Å². The van der Waals surface area contributed by atoms with Crippen LogP contribution in [0.15, 0.2) is 72.9 Å². The Morgan fingerprint density at radius 1 is 1.06 bits per heavy atom. The summed E-state index contributed by atoms with van der Waals surface area (Å²) >= 11 is 0. The summed E-state index contributed by atoms with van der Waals surface area (Å²) < 4.78 is 20.3. The molecule has 3 aromatic carbocycles. The summed E-state index contributed by atoms with van der Waals surface area (Å²) in [7, 11) is 0. The Hall–Kier alpha value is -4.64. The van der Waals surface area contributed by atoms with Crippen molar-refractivity contribution in [2.24, 2.45) is 0 Å². The lowest BCUT2D eigenvalue weighted by Gasteiger charge is -2.12. The maximum absolute atomic E-state index is 14.5. The number of hydrogen-bond acceptors (Lipinski definition) is 5. The molecular formula is C23H15FN4O3. The van der Waals surface area contributed by atoms with Crippen molar-refractivity contribution in [2.75, 3.05) is 10.6 Å². The van der Waals surface area contributed by atoms with Crippen LogP contribution in [0, 0.1) is 17.1 Å². The monoisotopic (exact) mass is 414 g/mol. The van der Waals surface area contributed by atoms with E-state index in [1.807, 2.05) is 12.1 Å². The fourth-order valence-corrected chi connectivity index (χ4v) is 2.93. The van der Waals surface area contributed by atoms with E-state index in [9.17, 15) is 14.3 Å². The van der Waals surface area contributed by atoms with Crippen LogP contribution in [0.25, 0.3) is 10.9 Å². The molecule has 0 aliphatic carbocycles. The van der Waals surface area contributed by atoms with Crippen LogP contribution in [-0.2, 0) is 0 Å². The Morgan fingerprint density at radius 3 is 2.61 bits per heavy atom. The number of nitrogens with one attached hydrogen (secondary N) is 2. The summed E-state index contributed by atoms with van der Waals surface area (Å²) in [6, 6.07) is 18.5. The van der Waals surface area contributed by atoms with Gasteiger partial charge in [0.15, 0.2) is 0 Å². The van der Waals surface area contributed by atoms with Gasteiger partial charge in [0.1, 0.15) is 29.1 Å². The zero-order valence-corrected chi connectivity index (χ0v) is 16.0. The smallest absolute Gasteiger partial charge is 0.323 e. The number of amides is 2. The zero-order valence-electron chi connectivity index (χ0n) is 16.0. The van der Waals surface area contributed by atoms with Gasteiger partial charge in [-0.05, 0) is 36.4 Å². The molecule has 0 radical (unpaired) electrons. The zero-order chi connectivity index (χ0) is 21.8. The molecule has 0 saturated carbocycles. The lowest BCUT2D eigenvalue weighted by Crippen LogP contribution is -2.20. The highest BCUT2D eigenvalue weighted by Gasteiger charge is 2.12. The van der Waals surface area contributed by atoms with Crippen molar-refractivity contribution in [1.82, 2.24) is 4.98 Å². The predicted molar refractivity (Wildman–Crippen MR) is 114 cm³/mol. The van der Waals surface area contributed by atoms with Gasteiger partial charge in [-0.3, -0.25) is 4.98 Å². The van der Waals surface area contributed by atoms with Crippen molar-refractivity contribution in [3.63, 3.8) is 0 Å². The average Bonchev–Trinajstić information content (AvgIpc) is 2.76. The van der Waals surface area contributed by atoms with E-state index in [1.54, 1.807) is 30.3 Å². The van der Waals surface area contributed by atoms with Crippen LogP contribution in [0.5, 0.6) is 17.2 Å². The maximum Gasteiger partial charge on any atom is 0.323 e. The number of anilines is 2. The van der Waals surface area contributed by atoms with Crippen LogP contribution in [0.4, 0.5) is 20.6 Å². The highest BCUT2D eigenvalue weighted by atomic mass is 19.1. The first kappa shape index (κ1) is 19.7. The number of hydrogen-bond donors (Lipinski definition) is 3. The Kier molecular flexibility index (Phi) is 5.32. The number of fused-ring (bicyclic) bond motifs is 1. The highest BCUT2D eigenvalue weighted by Crippen LogP contribution is 2.33. The molecule has 0 unspecified atom stereocenters. The van der Waals surface area contributed by atoms with Crippen molar-refractivity contribution >= 4 is 28.3 Å². The molecule has 7 nitrogen and oxygen atoms in total. The van der Waals surface area contributed by atoms with E-state index in [4.69, 9.17) is 10.00 Å². The molecule has 0 bridgehead atoms. The van der Waals surface area contributed by atoms with Crippen LogP contribution in [0.3, 0.4) is 0 Å². The van der Waals surface area contributed by atoms with E-state index in [1.165, 1.54) is 30.5 Å². The minimum absolute atomic E-state index is 0.0166. The van der Waals surface area contributed by atoms with Gasteiger partial charge in [0.25, 0.3) is 0 Å². The second-order valence-electron chi connectivity index (χ2n) is 6.50. The second-order valence-corrected chi connectivity index (χ2v) is 6.50. The molecule has 4 rings (SSSR count). The average molecular weight is 414 g/mol. The molecule has 31 heavy (non-hydrogen) atoms. The number of benzene rings is 3. The minimum Gasteiger partial charge on any atom is -0.506 e. The third-order valence-corrected chi connectivity index (χ3v) is 4.39. The first-order chi connectivity index (χ1) is 15.0. The van der Waals surface area contributed by atoms with Crippen LogP contribution in [-0.4, -0.2) is 16.1 Å². The molecule has 0 atom stereocenters. The number of phenolic OH excluding ortho intramolecular Hbond substituents is 1. The fraction of sp³-hybridized carbons (Fsp3) is 0. The van der Waals surface area contributed by atoms with Gasteiger partial charge in [0.05, 0.1) is 16.8 Å². The molecule has 0 aliphatic rings. The highest BCUT2D eigenvalue weighted by molar-refractivity contribution is 5.99. The van der Waals surface area contributed by atoms with E-state index >= 15 is 0 Å². The van der Waals surface area contributed by atoms with Crippen LogP contribution in [0.1, 0.15) is 5.56 Å². The molecule has 0 fully saturated rings. The molecule has 1 aromatic heterocycles. The van der Waals surface area contributed by atoms with Crippen LogP contribution in [0.2, 0.25) is 0 Å². The van der Waals surface area contributed by atoms with E-state index in [-0.39, 0.29) is 22.7 Å². The Labute approximate surface area is 176 Å². The second kappa shape index (κ2) is 8.39. The summed E-state index contributed by atoms with van der Waals surface area (Å²) in [5.41, 5.74) is 1.05. The molecule has 0 spiro atoms. The lowest BCUT2D eigenvalue weighted by atomic mass is 10.1. The predicted octanol–water partition coefficient (Wildman–Crippen LogP) is 5.39. The number of phenols is 1. The van der Waals surface area contributed by atoms with Gasteiger partial charge in [-0.2, -0.15) is 5.26 Å². The Balaban J connectivity index is 1.54. The quantitative estimate of drug-likeness (QED) is 0.415. The minimum atomic E-state index is -0.686. The fourth-order valence-electron chi connectivity index (χ4n) is 2.93. The number of ether oxygens (including phenoxy) is 1. The SMILES string of the molecule is N#Cc1cc2c(Oc3ccc(NC(=O)Nc4ccccc4)c(F)c3)ccnc2cc1O. The largest absolute Gasteiger partial charge is 0.506 e. The number of aromatic nitrogens is 1. The van der Waals surface area contributed by atoms with E-state index < -0.39 is 11.8 Å². The van der Waals surface area contributed by atoms with Crippen molar-refractivity contribution in [2.45, 2.75) is 0 Å². The van der Waals surface area contributed by atoms with E-state index in [0.29, 0.717) is 22.3 Å². The molecule has 152 valence electrons. The van der Waals surface area contributed by atoms with Gasteiger partial charge in [-0.1, -0.05) is 18.2 Å². The van der Waals surface area contributed by atoms with Crippen molar-refractivity contribution in [1.29, 1.82) is 5.26 Å². The Morgan fingerprint density at radius 2 is 1.87 bits per heavy atom. The Bertz CT molecular complexity index is 1320. The lowest BCUT2D eigenvalue weighted by molar-refractivity contribution is 0.262. The molecule has 8 heteroatoms. The number of rotatable bonds is 4. The van der Waals surface area contributed by atoms with Crippen molar-refractivity contribution < 1.29 is 19.0 Å². The van der Waals surface area contributed by atoms with Gasteiger partial charge < -0.3 is 20.5 Å². The number of nitriles is 1. The number of carbonyl (C=O) groups is 1. The van der Waals surface area contributed by atoms with Crippen molar-refractivity contribution in [3.8, 4) is 23.3 Å². The summed E-state index contributed by atoms with van der Waals surface area (Å²) in [4.78, 5) is 16.2. The van der Waals surface area contributed by atoms with E-state index in [2.05, 4.69) is 15.6 Å².